The molecule has 2 N–H and O–H groups in total. The summed E-state index contributed by atoms with van der Waals surface area (Å²) in [5, 5.41) is 0.531. The first-order valence-electron chi connectivity index (χ1n) is 4.26. The van der Waals surface area contributed by atoms with Crippen molar-refractivity contribution in [3.05, 3.63) is 28.8 Å². The lowest BCUT2D eigenvalue weighted by molar-refractivity contribution is 0.242. The predicted molar refractivity (Wildman–Crippen MR) is 63.1 cm³/mol. The Hall–Kier alpha value is -0.800. The van der Waals surface area contributed by atoms with Crippen molar-refractivity contribution in [2.45, 2.75) is 20.0 Å². The van der Waals surface area contributed by atoms with E-state index in [0.29, 0.717) is 15.8 Å². The van der Waals surface area contributed by atoms with Gasteiger partial charge in [0.25, 0.3) is 0 Å². The number of nitrogens with two attached hydrogens (primary N) is 1. The molecule has 1 aromatic carbocycles. The predicted octanol–water partition coefficient (Wildman–Crippen LogP) is 2.76. The van der Waals surface area contributed by atoms with Crippen molar-refractivity contribution in [1.82, 2.24) is 0 Å². The summed E-state index contributed by atoms with van der Waals surface area (Å²) in [7, 11) is 0. The van der Waals surface area contributed by atoms with Crippen molar-refractivity contribution >= 4 is 28.8 Å². The molecule has 0 aliphatic heterocycles. The highest BCUT2D eigenvalue weighted by atomic mass is 35.5. The maximum absolute atomic E-state index is 5.98. The normalized spacial score (nSPS) is 10.3. The Morgan fingerprint density at radius 3 is 2.57 bits per heavy atom. The molecule has 0 aliphatic rings. The highest BCUT2D eigenvalue weighted by Crippen LogP contribution is 2.26. The molecule has 0 saturated carbocycles. The van der Waals surface area contributed by atoms with E-state index in [1.807, 2.05) is 13.8 Å². The second kappa shape index (κ2) is 4.62. The Morgan fingerprint density at radius 2 is 2.14 bits per heavy atom. The third kappa shape index (κ3) is 2.86. The van der Waals surface area contributed by atoms with Gasteiger partial charge in [-0.05, 0) is 32.0 Å². The quantitative estimate of drug-likeness (QED) is 0.810. The van der Waals surface area contributed by atoms with Gasteiger partial charge >= 0.3 is 0 Å². The summed E-state index contributed by atoms with van der Waals surface area (Å²) in [6, 6.07) is 5.28. The maximum atomic E-state index is 5.98. The van der Waals surface area contributed by atoms with Crippen molar-refractivity contribution in [1.29, 1.82) is 0 Å². The number of ether oxygens (including phenoxy) is 1. The zero-order valence-electron chi connectivity index (χ0n) is 8.08. The summed E-state index contributed by atoms with van der Waals surface area (Å²) >= 11 is 10.8. The molecule has 0 spiro atoms. The molecule has 1 aromatic rings. The third-order valence-corrected chi connectivity index (χ3v) is 2.11. The summed E-state index contributed by atoms with van der Waals surface area (Å²) in [4.78, 5) is 0.336. The van der Waals surface area contributed by atoms with Crippen LogP contribution in [0.25, 0.3) is 0 Å². The molecule has 2 nitrogen and oxygen atoms in total. The van der Waals surface area contributed by atoms with Gasteiger partial charge < -0.3 is 10.5 Å². The van der Waals surface area contributed by atoms with E-state index in [0.717, 1.165) is 5.56 Å². The number of halogens is 1. The van der Waals surface area contributed by atoms with Gasteiger partial charge in [-0.2, -0.15) is 0 Å². The Kier molecular flexibility index (Phi) is 3.72. The molecule has 0 saturated heterocycles. The fourth-order valence-corrected chi connectivity index (χ4v) is 1.36. The van der Waals surface area contributed by atoms with E-state index in [9.17, 15) is 0 Å². The van der Waals surface area contributed by atoms with Gasteiger partial charge in [0.1, 0.15) is 10.7 Å². The molecule has 0 fully saturated rings. The summed E-state index contributed by atoms with van der Waals surface area (Å²) in [5.41, 5.74) is 6.22. The molecule has 0 radical (unpaired) electrons. The van der Waals surface area contributed by atoms with E-state index >= 15 is 0 Å². The molecule has 0 aliphatic carbocycles. The minimum Gasteiger partial charge on any atom is -0.489 e. The Bertz CT molecular complexity index is 352. The van der Waals surface area contributed by atoms with E-state index in [4.69, 9.17) is 34.3 Å². The highest BCUT2D eigenvalue weighted by molar-refractivity contribution is 7.80. The molecule has 0 aromatic heterocycles. The first-order valence-corrected chi connectivity index (χ1v) is 5.05. The van der Waals surface area contributed by atoms with E-state index in [-0.39, 0.29) is 6.10 Å². The van der Waals surface area contributed by atoms with Gasteiger partial charge in [0, 0.05) is 5.56 Å². The molecule has 0 atom stereocenters. The SMILES string of the molecule is CC(C)Oc1ccc(C(N)=S)cc1Cl. The van der Waals surface area contributed by atoms with Crippen LogP contribution in [0.5, 0.6) is 5.75 Å². The summed E-state index contributed by atoms with van der Waals surface area (Å²) in [6.45, 7) is 3.88. The maximum Gasteiger partial charge on any atom is 0.138 e. The molecule has 0 amide bonds. The summed E-state index contributed by atoms with van der Waals surface area (Å²) in [5.74, 6) is 0.654. The largest absolute Gasteiger partial charge is 0.489 e. The molecular weight excluding hydrogens is 218 g/mol. The van der Waals surface area contributed by atoms with Crippen LogP contribution in [-0.2, 0) is 0 Å². The van der Waals surface area contributed by atoms with Crippen LogP contribution in [0.15, 0.2) is 18.2 Å². The van der Waals surface area contributed by atoms with Gasteiger partial charge in [-0.1, -0.05) is 23.8 Å². The molecule has 0 unspecified atom stereocenters. The van der Waals surface area contributed by atoms with E-state index in [1.165, 1.54) is 0 Å². The number of hydrogen-bond donors (Lipinski definition) is 1. The van der Waals surface area contributed by atoms with Crippen LogP contribution in [0.4, 0.5) is 0 Å². The van der Waals surface area contributed by atoms with Gasteiger partial charge in [-0.15, -0.1) is 0 Å². The first kappa shape index (κ1) is 11.3. The third-order valence-electron chi connectivity index (χ3n) is 1.58. The molecule has 0 bridgehead atoms. The Labute approximate surface area is 94.0 Å². The highest BCUT2D eigenvalue weighted by Gasteiger charge is 2.05. The van der Waals surface area contributed by atoms with Crippen LogP contribution in [0, 0.1) is 0 Å². The lowest BCUT2D eigenvalue weighted by atomic mass is 10.2. The number of thiocarbonyl (C=S) groups is 1. The van der Waals surface area contributed by atoms with Gasteiger partial charge in [-0.3, -0.25) is 0 Å². The van der Waals surface area contributed by atoms with Gasteiger partial charge in [-0.25, -0.2) is 0 Å². The number of rotatable bonds is 3. The Balaban J connectivity index is 2.95. The van der Waals surface area contributed by atoms with Crippen molar-refractivity contribution in [3.63, 3.8) is 0 Å². The van der Waals surface area contributed by atoms with E-state index in [2.05, 4.69) is 0 Å². The minimum absolute atomic E-state index is 0.100. The summed E-state index contributed by atoms with van der Waals surface area (Å²) < 4.78 is 5.46. The van der Waals surface area contributed by atoms with Crippen molar-refractivity contribution < 1.29 is 4.74 Å². The van der Waals surface area contributed by atoms with Crippen LogP contribution < -0.4 is 10.5 Å². The number of benzene rings is 1. The lowest BCUT2D eigenvalue weighted by Crippen LogP contribution is -2.10. The zero-order chi connectivity index (χ0) is 10.7. The standard InChI is InChI=1S/C10H12ClNOS/c1-6(2)13-9-4-3-7(10(12)14)5-8(9)11/h3-6H,1-2H3,(H2,12,14). The van der Waals surface area contributed by atoms with Crippen LogP contribution in [0.2, 0.25) is 5.02 Å². The molecular formula is C10H12ClNOS. The van der Waals surface area contributed by atoms with Crippen molar-refractivity contribution in [2.75, 3.05) is 0 Å². The summed E-state index contributed by atoms with van der Waals surface area (Å²) in [6.07, 6.45) is 0.100. The molecule has 4 heteroatoms. The van der Waals surface area contributed by atoms with Crippen LogP contribution in [-0.4, -0.2) is 11.1 Å². The topological polar surface area (TPSA) is 35.2 Å². The first-order chi connectivity index (χ1) is 6.50. The minimum atomic E-state index is 0.100. The smallest absolute Gasteiger partial charge is 0.138 e. The number of hydrogen-bond acceptors (Lipinski definition) is 2. The zero-order valence-corrected chi connectivity index (χ0v) is 9.65. The average Bonchev–Trinajstić information content (AvgIpc) is 2.07. The van der Waals surface area contributed by atoms with Crippen molar-refractivity contribution in [3.8, 4) is 5.75 Å². The van der Waals surface area contributed by atoms with Crippen LogP contribution in [0.1, 0.15) is 19.4 Å². The monoisotopic (exact) mass is 229 g/mol. The van der Waals surface area contributed by atoms with Crippen molar-refractivity contribution in [2.24, 2.45) is 5.73 Å². The lowest BCUT2D eigenvalue weighted by Gasteiger charge is -2.11. The van der Waals surface area contributed by atoms with Crippen LogP contribution in [0.3, 0.4) is 0 Å². The average molecular weight is 230 g/mol. The van der Waals surface area contributed by atoms with E-state index in [1.54, 1.807) is 18.2 Å². The molecule has 1 rings (SSSR count). The second-order valence-electron chi connectivity index (χ2n) is 3.18. The van der Waals surface area contributed by atoms with Gasteiger partial charge in [0.15, 0.2) is 0 Å². The molecule has 14 heavy (non-hydrogen) atoms. The van der Waals surface area contributed by atoms with Gasteiger partial charge in [0.05, 0.1) is 11.1 Å². The van der Waals surface area contributed by atoms with Gasteiger partial charge in [0.2, 0.25) is 0 Å². The van der Waals surface area contributed by atoms with Crippen LogP contribution >= 0.6 is 23.8 Å². The fraction of sp³-hybridized carbons (Fsp3) is 0.300. The Morgan fingerprint density at radius 1 is 1.50 bits per heavy atom. The molecule has 0 heterocycles. The second-order valence-corrected chi connectivity index (χ2v) is 4.02. The fourth-order valence-electron chi connectivity index (χ4n) is 1.00. The molecule has 76 valence electrons. The van der Waals surface area contributed by atoms with E-state index < -0.39 is 0 Å².